The Morgan fingerprint density at radius 3 is 1.97 bits per heavy atom. The molecule has 0 fully saturated rings. The van der Waals surface area contributed by atoms with Gasteiger partial charge < -0.3 is 20.7 Å². The minimum atomic E-state index is -1.08. The van der Waals surface area contributed by atoms with Crippen LogP contribution in [-0.4, -0.2) is 39.4 Å². The van der Waals surface area contributed by atoms with Gasteiger partial charge in [-0.1, -0.05) is 54.4 Å². The van der Waals surface area contributed by atoms with Crippen LogP contribution in [0.2, 0.25) is 10.0 Å². The Bertz CT molecular complexity index is 1210. The van der Waals surface area contributed by atoms with Crippen LogP contribution in [0.3, 0.4) is 0 Å². The van der Waals surface area contributed by atoms with Crippen LogP contribution in [0.25, 0.3) is 0 Å². The first-order valence-electron chi connectivity index (χ1n) is 10.1. The Morgan fingerprint density at radius 2 is 1.50 bits per heavy atom. The molecule has 0 spiro atoms. The van der Waals surface area contributed by atoms with Crippen LogP contribution in [0.4, 0.5) is 0 Å². The summed E-state index contributed by atoms with van der Waals surface area (Å²) in [7, 11) is 0. The van der Waals surface area contributed by atoms with Crippen molar-refractivity contribution in [2.75, 3.05) is 6.54 Å². The number of carboxylic acids is 1. The zero-order valence-electron chi connectivity index (χ0n) is 17.8. The number of carbonyl (C=O) groups excluding carboxylic acids is 2. The fraction of sp³-hybridized carbons (Fsp3) is 0.174. The van der Waals surface area contributed by atoms with E-state index >= 15 is 0 Å². The van der Waals surface area contributed by atoms with E-state index in [9.17, 15) is 19.2 Å². The summed E-state index contributed by atoms with van der Waals surface area (Å²) in [6, 6.07) is 13.1. The molecular weight excluding hydrogens is 483 g/mol. The number of hydrogen-bond donors (Lipinski definition) is 4. The molecule has 1 heterocycles. The molecule has 0 bridgehead atoms. The van der Waals surface area contributed by atoms with Crippen molar-refractivity contribution < 1.29 is 19.5 Å². The summed E-state index contributed by atoms with van der Waals surface area (Å²) < 4.78 is 0. The third-order valence-electron chi connectivity index (χ3n) is 4.93. The van der Waals surface area contributed by atoms with E-state index in [4.69, 9.17) is 28.3 Å². The Morgan fingerprint density at radius 1 is 0.971 bits per heavy atom. The number of benzene rings is 2. The molecule has 3 rings (SSSR count). The molecule has 1 unspecified atom stereocenters. The molecule has 0 saturated carbocycles. The van der Waals surface area contributed by atoms with Crippen LogP contribution in [0.1, 0.15) is 45.1 Å². The van der Waals surface area contributed by atoms with Crippen molar-refractivity contribution in [1.82, 2.24) is 20.6 Å². The second-order valence-electron chi connectivity index (χ2n) is 7.43. The molecule has 1 atom stereocenters. The van der Waals surface area contributed by atoms with Crippen molar-refractivity contribution in [3.8, 4) is 0 Å². The Hall–Kier alpha value is -3.69. The lowest BCUT2D eigenvalue weighted by atomic mass is 9.98. The van der Waals surface area contributed by atoms with Crippen LogP contribution in [0.15, 0.2) is 59.5 Å². The van der Waals surface area contributed by atoms with Gasteiger partial charge in [0, 0.05) is 22.8 Å². The predicted molar refractivity (Wildman–Crippen MR) is 126 cm³/mol. The number of carbonyl (C=O) groups is 3. The van der Waals surface area contributed by atoms with E-state index in [1.165, 1.54) is 6.92 Å². The molecule has 176 valence electrons. The van der Waals surface area contributed by atoms with E-state index in [0.29, 0.717) is 21.2 Å². The summed E-state index contributed by atoms with van der Waals surface area (Å²) >= 11 is 12.0. The van der Waals surface area contributed by atoms with Gasteiger partial charge in [-0.25, -0.2) is 4.98 Å². The van der Waals surface area contributed by atoms with E-state index in [1.807, 2.05) is 0 Å². The molecule has 9 nitrogen and oxygen atoms in total. The smallest absolute Gasteiger partial charge is 0.308 e. The third kappa shape index (κ3) is 6.21. The first kappa shape index (κ1) is 24.9. The predicted octanol–water partition coefficient (Wildman–Crippen LogP) is 3.05. The van der Waals surface area contributed by atoms with Gasteiger partial charge in [-0.05, 0) is 35.4 Å². The molecule has 34 heavy (non-hydrogen) atoms. The van der Waals surface area contributed by atoms with E-state index in [2.05, 4.69) is 20.6 Å². The monoisotopic (exact) mass is 502 g/mol. The highest BCUT2D eigenvalue weighted by atomic mass is 35.5. The molecule has 2 amide bonds. The number of rotatable bonds is 8. The average molecular weight is 503 g/mol. The molecule has 0 aliphatic carbocycles. The maximum absolute atomic E-state index is 12.9. The zero-order valence-corrected chi connectivity index (χ0v) is 19.4. The summed E-state index contributed by atoms with van der Waals surface area (Å²) in [5.41, 5.74) is 0.305. The lowest BCUT2D eigenvalue weighted by molar-refractivity contribution is -0.140. The van der Waals surface area contributed by atoms with Crippen LogP contribution in [-0.2, 0) is 4.79 Å². The normalized spacial score (nSPS) is 11.6. The first-order valence-corrected chi connectivity index (χ1v) is 10.8. The van der Waals surface area contributed by atoms with E-state index in [1.54, 1.807) is 48.5 Å². The van der Waals surface area contributed by atoms with Gasteiger partial charge in [0.05, 0.1) is 12.0 Å². The van der Waals surface area contributed by atoms with Gasteiger partial charge in [0.15, 0.2) is 5.82 Å². The first-order chi connectivity index (χ1) is 16.2. The maximum atomic E-state index is 12.9. The SMILES string of the molecule is CC(CNC(=O)c1ncc(C(=O)NC(c2ccc(Cl)cc2)c2ccc(Cl)cc2)c(=O)[nH]1)C(=O)O. The standard InChI is InChI=1S/C23H20Cl2N4O5/c1-12(23(33)34)10-27-22(32)19-26-11-17(21(31)29-19)20(30)28-18(13-2-6-15(24)7-3-13)14-4-8-16(25)9-5-14/h2-9,11-12,18H,10H2,1H3,(H,27,32)(H,28,30)(H,33,34)(H,26,29,31). The van der Waals surface area contributed by atoms with Crippen LogP contribution in [0.5, 0.6) is 0 Å². The highest BCUT2D eigenvalue weighted by Gasteiger charge is 2.21. The summed E-state index contributed by atoms with van der Waals surface area (Å²) in [5.74, 6) is -3.72. The largest absolute Gasteiger partial charge is 0.481 e. The maximum Gasteiger partial charge on any atom is 0.308 e. The Balaban J connectivity index is 1.82. The summed E-state index contributed by atoms with van der Waals surface area (Å²) in [6.07, 6.45) is 0.991. The van der Waals surface area contributed by atoms with Crippen molar-refractivity contribution in [2.24, 2.45) is 5.92 Å². The van der Waals surface area contributed by atoms with Crippen molar-refractivity contribution in [3.05, 3.63) is 97.6 Å². The van der Waals surface area contributed by atoms with Gasteiger partial charge in [-0.15, -0.1) is 0 Å². The van der Waals surface area contributed by atoms with Crippen LogP contribution < -0.4 is 16.2 Å². The van der Waals surface area contributed by atoms with Gasteiger partial charge >= 0.3 is 5.97 Å². The van der Waals surface area contributed by atoms with Gasteiger partial charge in [0.25, 0.3) is 17.4 Å². The molecule has 4 N–H and O–H groups in total. The second-order valence-corrected chi connectivity index (χ2v) is 8.31. The zero-order chi connectivity index (χ0) is 24.8. The minimum Gasteiger partial charge on any atom is -0.481 e. The summed E-state index contributed by atoms with van der Waals surface area (Å²) in [6.45, 7) is 1.27. The van der Waals surface area contributed by atoms with E-state index in [-0.39, 0.29) is 17.9 Å². The molecule has 0 aliphatic heterocycles. The van der Waals surface area contributed by atoms with Crippen molar-refractivity contribution in [1.29, 1.82) is 0 Å². The molecule has 0 saturated heterocycles. The van der Waals surface area contributed by atoms with Gasteiger partial charge in [-0.3, -0.25) is 19.2 Å². The van der Waals surface area contributed by atoms with Gasteiger partial charge in [-0.2, -0.15) is 0 Å². The molecule has 2 aromatic carbocycles. The lowest BCUT2D eigenvalue weighted by Gasteiger charge is -2.20. The number of halogens is 2. The number of amides is 2. The third-order valence-corrected chi connectivity index (χ3v) is 5.44. The number of H-pyrrole nitrogens is 1. The fourth-order valence-electron chi connectivity index (χ4n) is 2.97. The van der Waals surface area contributed by atoms with Crippen LogP contribution >= 0.6 is 23.2 Å². The van der Waals surface area contributed by atoms with Crippen molar-refractivity contribution in [3.63, 3.8) is 0 Å². The number of carboxylic acid groups (broad SMARTS) is 1. The highest BCUT2D eigenvalue weighted by molar-refractivity contribution is 6.30. The lowest BCUT2D eigenvalue weighted by Crippen LogP contribution is -2.36. The fourth-order valence-corrected chi connectivity index (χ4v) is 3.22. The topological polar surface area (TPSA) is 141 Å². The average Bonchev–Trinajstić information content (AvgIpc) is 2.81. The number of nitrogens with zero attached hydrogens (tertiary/aromatic N) is 1. The van der Waals surface area contributed by atoms with Gasteiger partial charge in [0.1, 0.15) is 5.56 Å². The van der Waals surface area contributed by atoms with Crippen LogP contribution in [0, 0.1) is 5.92 Å². The Kier molecular flexibility index (Phi) is 8.04. The highest BCUT2D eigenvalue weighted by Crippen LogP contribution is 2.25. The summed E-state index contributed by atoms with van der Waals surface area (Å²) in [4.78, 5) is 54.6. The molecule has 11 heteroatoms. The number of aliphatic carboxylic acids is 1. The van der Waals surface area contributed by atoms with E-state index < -0.39 is 35.3 Å². The molecule has 1 aromatic heterocycles. The number of aromatic amines is 1. The van der Waals surface area contributed by atoms with Crippen molar-refractivity contribution in [2.45, 2.75) is 13.0 Å². The molecular formula is C23H20Cl2N4O5. The van der Waals surface area contributed by atoms with Crippen molar-refractivity contribution >= 4 is 41.0 Å². The summed E-state index contributed by atoms with van der Waals surface area (Å²) in [5, 5.41) is 15.1. The number of hydrogen-bond acceptors (Lipinski definition) is 5. The quantitative estimate of drug-likeness (QED) is 0.373. The molecule has 0 aliphatic rings. The van der Waals surface area contributed by atoms with E-state index in [0.717, 1.165) is 6.20 Å². The number of aromatic nitrogens is 2. The molecule has 0 radical (unpaired) electrons. The minimum absolute atomic E-state index is 0.149. The van der Waals surface area contributed by atoms with Gasteiger partial charge in [0.2, 0.25) is 0 Å². The second kappa shape index (κ2) is 11.0. The molecule has 3 aromatic rings. The Labute approximate surface area is 204 Å². The number of nitrogens with one attached hydrogen (secondary N) is 3.